The number of aryl methyl sites for hydroxylation is 1. The molecule has 0 radical (unpaired) electrons. The maximum atomic E-state index is 4.09. The number of aromatic nitrogens is 2. The number of hydrogen-bond acceptors (Lipinski definition) is 3. The van der Waals surface area contributed by atoms with Crippen molar-refractivity contribution < 1.29 is 0 Å². The average Bonchev–Trinajstić information content (AvgIpc) is 2.22. The first-order valence-electron chi connectivity index (χ1n) is 5.80. The molecule has 0 spiro atoms. The zero-order chi connectivity index (χ0) is 10.7. The molecular weight excluding hydrogens is 186 g/mol. The van der Waals surface area contributed by atoms with Crippen LogP contribution in [0.4, 0.5) is 5.82 Å². The zero-order valence-corrected chi connectivity index (χ0v) is 9.53. The summed E-state index contributed by atoms with van der Waals surface area (Å²) in [7, 11) is 0. The number of hydrogen-bond donors (Lipinski definition) is 1. The van der Waals surface area contributed by atoms with Crippen LogP contribution in [0.25, 0.3) is 0 Å². The van der Waals surface area contributed by atoms with Crippen molar-refractivity contribution in [2.24, 2.45) is 5.92 Å². The minimum atomic E-state index is 0.595. The highest BCUT2D eigenvalue weighted by Crippen LogP contribution is 2.25. The van der Waals surface area contributed by atoms with Gasteiger partial charge in [-0.05, 0) is 50.2 Å². The quantitative estimate of drug-likeness (QED) is 0.806. The Kier molecular flexibility index (Phi) is 3.19. The molecule has 1 saturated carbocycles. The Balaban J connectivity index is 1.92. The second kappa shape index (κ2) is 4.60. The molecule has 1 aliphatic rings. The van der Waals surface area contributed by atoms with Crippen LogP contribution in [0.15, 0.2) is 12.3 Å². The minimum Gasteiger partial charge on any atom is -0.366 e. The molecule has 1 aromatic heterocycles. The van der Waals surface area contributed by atoms with E-state index in [0.29, 0.717) is 6.04 Å². The summed E-state index contributed by atoms with van der Waals surface area (Å²) in [5.41, 5.74) is 1.16. The van der Waals surface area contributed by atoms with Gasteiger partial charge in [-0.1, -0.05) is 6.92 Å². The van der Waals surface area contributed by atoms with Gasteiger partial charge in [-0.15, -0.1) is 5.10 Å². The molecule has 0 saturated heterocycles. The van der Waals surface area contributed by atoms with Gasteiger partial charge >= 0.3 is 0 Å². The molecule has 82 valence electrons. The molecule has 0 unspecified atom stereocenters. The summed E-state index contributed by atoms with van der Waals surface area (Å²) in [6.07, 6.45) is 6.97. The van der Waals surface area contributed by atoms with Gasteiger partial charge < -0.3 is 5.32 Å². The number of nitrogens with one attached hydrogen (secondary N) is 1. The fourth-order valence-electron chi connectivity index (χ4n) is 2.15. The molecule has 15 heavy (non-hydrogen) atoms. The molecule has 0 amide bonds. The van der Waals surface area contributed by atoms with Crippen molar-refractivity contribution in [1.82, 2.24) is 10.2 Å². The minimum absolute atomic E-state index is 0.595. The predicted molar refractivity (Wildman–Crippen MR) is 61.8 cm³/mol. The summed E-state index contributed by atoms with van der Waals surface area (Å²) in [6, 6.07) is 2.66. The third kappa shape index (κ3) is 2.91. The molecule has 1 heterocycles. The van der Waals surface area contributed by atoms with Crippen LogP contribution >= 0.6 is 0 Å². The normalized spacial score (nSPS) is 26.3. The van der Waals surface area contributed by atoms with Crippen LogP contribution in [0.5, 0.6) is 0 Å². The summed E-state index contributed by atoms with van der Waals surface area (Å²) >= 11 is 0. The largest absolute Gasteiger partial charge is 0.366 e. The van der Waals surface area contributed by atoms with Gasteiger partial charge in [-0.25, -0.2) is 0 Å². The van der Waals surface area contributed by atoms with Crippen molar-refractivity contribution in [2.45, 2.75) is 45.6 Å². The van der Waals surface area contributed by atoms with E-state index in [0.717, 1.165) is 17.3 Å². The fourth-order valence-corrected chi connectivity index (χ4v) is 2.15. The maximum absolute atomic E-state index is 4.09. The van der Waals surface area contributed by atoms with E-state index in [1.54, 1.807) is 6.20 Å². The predicted octanol–water partition coefficient (Wildman–Crippen LogP) is 2.78. The number of nitrogens with zero attached hydrogens (tertiary/aromatic N) is 2. The SMILES string of the molecule is Cc1cnnc(NC2CCC(C)CC2)c1. The maximum Gasteiger partial charge on any atom is 0.149 e. The van der Waals surface area contributed by atoms with E-state index in [1.165, 1.54) is 25.7 Å². The standard InChI is InChI=1S/C12H19N3/c1-9-3-5-11(6-4-9)14-12-7-10(2)8-13-15-12/h7-9,11H,3-6H2,1-2H3,(H,14,15). The molecule has 2 rings (SSSR count). The topological polar surface area (TPSA) is 37.8 Å². The van der Waals surface area contributed by atoms with Crippen LogP contribution in [0.3, 0.4) is 0 Å². The van der Waals surface area contributed by atoms with Crippen molar-refractivity contribution in [2.75, 3.05) is 5.32 Å². The molecule has 0 bridgehead atoms. The first-order chi connectivity index (χ1) is 7.24. The summed E-state index contributed by atoms with van der Waals surface area (Å²) in [6.45, 7) is 4.38. The Hall–Kier alpha value is -1.12. The van der Waals surface area contributed by atoms with Crippen LogP contribution in [-0.2, 0) is 0 Å². The van der Waals surface area contributed by atoms with Crippen molar-refractivity contribution >= 4 is 5.82 Å². The summed E-state index contributed by atoms with van der Waals surface area (Å²) in [5.74, 6) is 1.82. The van der Waals surface area contributed by atoms with Crippen LogP contribution in [0, 0.1) is 12.8 Å². The lowest BCUT2D eigenvalue weighted by atomic mass is 9.87. The van der Waals surface area contributed by atoms with Crippen LogP contribution in [0.1, 0.15) is 38.2 Å². The van der Waals surface area contributed by atoms with E-state index < -0.39 is 0 Å². The van der Waals surface area contributed by atoms with Gasteiger partial charge in [0, 0.05) is 6.04 Å². The highest BCUT2D eigenvalue weighted by atomic mass is 15.2. The molecule has 1 aromatic rings. The molecule has 1 N–H and O–H groups in total. The van der Waals surface area contributed by atoms with Crippen LogP contribution < -0.4 is 5.32 Å². The van der Waals surface area contributed by atoms with Crippen molar-refractivity contribution in [3.8, 4) is 0 Å². The first-order valence-corrected chi connectivity index (χ1v) is 5.80. The van der Waals surface area contributed by atoms with Gasteiger partial charge in [0.15, 0.2) is 0 Å². The number of rotatable bonds is 2. The molecule has 0 aliphatic heterocycles. The first kappa shape index (κ1) is 10.4. The summed E-state index contributed by atoms with van der Waals surface area (Å²) in [4.78, 5) is 0. The zero-order valence-electron chi connectivity index (χ0n) is 9.53. The summed E-state index contributed by atoms with van der Waals surface area (Å²) in [5, 5.41) is 11.5. The molecule has 1 aliphatic carbocycles. The lowest BCUT2D eigenvalue weighted by molar-refractivity contribution is 0.360. The molecule has 3 heteroatoms. The second-order valence-corrected chi connectivity index (χ2v) is 4.72. The number of anilines is 1. The van der Waals surface area contributed by atoms with E-state index in [2.05, 4.69) is 28.5 Å². The molecule has 1 fully saturated rings. The van der Waals surface area contributed by atoms with Crippen molar-refractivity contribution in [1.29, 1.82) is 0 Å². The van der Waals surface area contributed by atoms with Crippen LogP contribution in [0.2, 0.25) is 0 Å². The van der Waals surface area contributed by atoms with Gasteiger partial charge in [0.25, 0.3) is 0 Å². The third-order valence-corrected chi connectivity index (χ3v) is 3.16. The van der Waals surface area contributed by atoms with E-state index >= 15 is 0 Å². The van der Waals surface area contributed by atoms with E-state index in [1.807, 2.05) is 6.92 Å². The highest BCUT2D eigenvalue weighted by Gasteiger charge is 2.18. The van der Waals surface area contributed by atoms with Gasteiger partial charge in [0.1, 0.15) is 5.82 Å². The van der Waals surface area contributed by atoms with Gasteiger partial charge in [0.05, 0.1) is 6.20 Å². The molecule has 3 nitrogen and oxygen atoms in total. The average molecular weight is 205 g/mol. The van der Waals surface area contributed by atoms with Crippen molar-refractivity contribution in [3.05, 3.63) is 17.8 Å². The highest BCUT2D eigenvalue weighted by molar-refractivity contribution is 5.36. The fraction of sp³-hybridized carbons (Fsp3) is 0.667. The second-order valence-electron chi connectivity index (χ2n) is 4.72. The van der Waals surface area contributed by atoms with Crippen LogP contribution in [-0.4, -0.2) is 16.2 Å². The Labute approximate surface area is 91.3 Å². The van der Waals surface area contributed by atoms with Crippen molar-refractivity contribution in [3.63, 3.8) is 0 Å². The Bertz CT molecular complexity index is 316. The van der Waals surface area contributed by atoms with Gasteiger partial charge in [0.2, 0.25) is 0 Å². The lowest BCUT2D eigenvalue weighted by Gasteiger charge is -2.27. The summed E-state index contributed by atoms with van der Waals surface area (Å²) < 4.78 is 0. The molecular formula is C12H19N3. The Morgan fingerprint density at radius 1 is 1.27 bits per heavy atom. The van der Waals surface area contributed by atoms with Gasteiger partial charge in [-0.2, -0.15) is 5.10 Å². The monoisotopic (exact) mass is 205 g/mol. The molecule has 0 aromatic carbocycles. The third-order valence-electron chi connectivity index (χ3n) is 3.16. The lowest BCUT2D eigenvalue weighted by Crippen LogP contribution is -2.25. The van der Waals surface area contributed by atoms with E-state index in [-0.39, 0.29) is 0 Å². The van der Waals surface area contributed by atoms with E-state index in [9.17, 15) is 0 Å². The smallest absolute Gasteiger partial charge is 0.149 e. The Morgan fingerprint density at radius 2 is 2.00 bits per heavy atom. The molecule has 0 atom stereocenters. The van der Waals surface area contributed by atoms with Gasteiger partial charge in [-0.3, -0.25) is 0 Å². The van der Waals surface area contributed by atoms with E-state index in [4.69, 9.17) is 0 Å². The Morgan fingerprint density at radius 3 is 2.67 bits per heavy atom.